The number of nitrogens with one attached hydrogen (secondary N) is 1. The molecule has 1 aromatic carbocycles. The minimum atomic E-state index is 0.169. The third-order valence-corrected chi connectivity index (χ3v) is 2.65. The van der Waals surface area contributed by atoms with Gasteiger partial charge in [-0.3, -0.25) is 0 Å². The van der Waals surface area contributed by atoms with Gasteiger partial charge in [-0.2, -0.15) is 0 Å². The standard InChI is InChI=1S/C14H23NO3/c1-3-8-15-12(7-9-16)11-18-14-6-4-5-13(10-14)17-2/h4-6,10,12,15-16H,3,7-9,11H2,1-2H3. The van der Waals surface area contributed by atoms with E-state index in [1.54, 1.807) is 7.11 Å². The molecule has 0 aliphatic heterocycles. The zero-order valence-electron chi connectivity index (χ0n) is 11.2. The summed E-state index contributed by atoms with van der Waals surface area (Å²) in [6.07, 6.45) is 1.77. The molecule has 0 saturated carbocycles. The molecule has 1 rings (SSSR count). The molecule has 18 heavy (non-hydrogen) atoms. The summed E-state index contributed by atoms with van der Waals surface area (Å²) in [5, 5.41) is 12.4. The number of hydrogen-bond acceptors (Lipinski definition) is 4. The smallest absolute Gasteiger partial charge is 0.123 e. The van der Waals surface area contributed by atoms with Crippen LogP contribution in [0.5, 0.6) is 11.5 Å². The van der Waals surface area contributed by atoms with Crippen LogP contribution in [-0.4, -0.2) is 38.0 Å². The van der Waals surface area contributed by atoms with Gasteiger partial charge >= 0.3 is 0 Å². The summed E-state index contributed by atoms with van der Waals surface area (Å²) in [4.78, 5) is 0. The predicted octanol–water partition coefficient (Wildman–Crippen LogP) is 1.82. The highest BCUT2D eigenvalue weighted by Crippen LogP contribution is 2.19. The Balaban J connectivity index is 2.44. The van der Waals surface area contributed by atoms with Crippen LogP contribution in [-0.2, 0) is 0 Å². The van der Waals surface area contributed by atoms with Gasteiger partial charge in [-0.1, -0.05) is 13.0 Å². The van der Waals surface area contributed by atoms with Crippen molar-refractivity contribution in [3.63, 3.8) is 0 Å². The van der Waals surface area contributed by atoms with Crippen LogP contribution in [0, 0.1) is 0 Å². The summed E-state index contributed by atoms with van der Waals surface area (Å²) in [5.74, 6) is 1.57. The van der Waals surface area contributed by atoms with Crippen LogP contribution in [0.3, 0.4) is 0 Å². The Labute approximate surface area is 109 Å². The highest BCUT2D eigenvalue weighted by Gasteiger charge is 2.08. The number of aliphatic hydroxyl groups is 1. The largest absolute Gasteiger partial charge is 0.497 e. The Morgan fingerprint density at radius 3 is 2.78 bits per heavy atom. The third kappa shape index (κ3) is 5.38. The Morgan fingerprint density at radius 2 is 2.11 bits per heavy atom. The number of hydrogen-bond donors (Lipinski definition) is 2. The van der Waals surface area contributed by atoms with Crippen LogP contribution in [0.4, 0.5) is 0 Å². The zero-order valence-corrected chi connectivity index (χ0v) is 11.2. The highest BCUT2D eigenvalue weighted by atomic mass is 16.5. The number of aliphatic hydroxyl groups excluding tert-OH is 1. The van der Waals surface area contributed by atoms with Gasteiger partial charge in [-0.15, -0.1) is 0 Å². The van der Waals surface area contributed by atoms with E-state index in [0.29, 0.717) is 13.0 Å². The summed E-state index contributed by atoms with van der Waals surface area (Å²) in [6, 6.07) is 7.72. The minimum absolute atomic E-state index is 0.169. The molecule has 0 aliphatic carbocycles. The van der Waals surface area contributed by atoms with Crippen LogP contribution in [0.15, 0.2) is 24.3 Å². The van der Waals surface area contributed by atoms with Crippen LogP contribution < -0.4 is 14.8 Å². The van der Waals surface area contributed by atoms with Gasteiger partial charge in [-0.25, -0.2) is 0 Å². The van der Waals surface area contributed by atoms with Crippen molar-refractivity contribution in [1.29, 1.82) is 0 Å². The topological polar surface area (TPSA) is 50.7 Å². The molecule has 0 radical (unpaired) electrons. The summed E-state index contributed by atoms with van der Waals surface area (Å²) in [5.41, 5.74) is 0. The molecule has 1 atom stereocenters. The maximum Gasteiger partial charge on any atom is 0.123 e. The normalized spacial score (nSPS) is 12.2. The van der Waals surface area contributed by atoms with Gasteiger partial charge in [0.05, 0.1) is 7.11 Å². The quantitative estimate of drug-likeness (QED) is 0.705. The molecule has 4 nitrogen and oxygen atoms in total. The van der Waals surface area contributed by atoms with Gasteiger partial charge in [0.2, 0.25) is 0 Å². The number of ether oxygens (including phenoxy) is 2. The van der Waals surface area contributed by atoms with Crippen molar-refractivity contribution in [1.82, 2.24) is 5.32 Å². The molecule has 1 unspecified atom stereocenters. The molecule has 0 heterocycles. The van der Waals surface area contributed by atoms with Crippen LogP contribution in [0.25, 0.3) is 0 Å². The minimum Gasteiger partial charge on any atom is -0.497 e. The Bertz CT molecular complexity index is 331. The highest BCUT2D eigenvalue weighted by molar-refractivity contribution is 5.32. The second-order valence-corrected chi connectivity index (χ2v) is 4.15. The van der Waals surface area contributed by atoms with Gasteiger partial charge in [0.25, 0.3) is 0 Å². The van der Waals surface area contributed by atoms with Crippen LogP contribution >= 0.6 is 0 Å². The molecule has 4 heteroatoms. The maximum atomic E-state index is 9.00. The molecular formula is C14H23NO3. The molecule has 0 bridgehead atoms. The van der Waals surface area contributed by atoms with E-state index in [2.05, 4.69) is 12.2 Å². The van der Waals surface area contributed by atoms with Crippen molar-refractivity contribution in [2.45, 2.75) is 25.8 Å². The molecule has 0 amide bonds. The lowest BCUT2D eigenvalue weighted by Crippen LogP contribution is -2.36. The van der Waals surface area contributed by atoms with E-state index < -0.39 is 0 Å². The summed E-state index contributed by atoms with van der Waals surface area (Å²) in [7, 11) is 1.64. The van der Waals surface area contributed by atoms with E-state index in [4.69, 9.17) is 14.6 Å². The first-order valence-corrected chi connectivity index (χ1v) is 6.41. The van der Waals surface area contributed by atoms with Gasteiger partial charge in [0.1, 0.15) is 18.1 Å². The average molecular weight is 253 g/mol. The first-order chi connectivity index (χ1) is 8.80. The first-order valence-electron chi connectivity index (χ1n) is 6.41. The fraction of sp³-hybridized carbons (Fsp3) is 0.571. The second kappa shape index (κ2) is 8.78. The van der Waals surface area contributed by atoms with Crippen molar-refractivity contribution in [2.24, 2.45) is 0 Å². The van der Waals surface area contributed by atoms with Crippen LogP contribution in [0.1, 0.15) is 19.8 Å². The van der Waals surface area contributed by atoms with E-state index in [1.807, 2.05) is 24.3 Å². The lowest BCUT2D eigenvalue weighted by Gasteiger charge is -2.18. The predicted molar refractivity (Wildman–Crippen MR) is 72.3 cm³/mol. The SMILES string of the molecule is CCCNC(CCO)COc1cccc(OC)c1. The van der Waals surface area contributed by atoms with E-state index >= 15 is 0 Å². The number of rotatable bonds is 9. The Hall–Kier alpha value is -1.26. The van der Waals surface area contributed by atoms with E-state index in [-0.39, 0.29) is 12.6 Å². The lowest BCUT2D eigenvalue weighted by atomic mass is 10.2. The summed E-state index contributed by atoms with van der Waals surface area (Å²) < 4.78 is 10.8. The summed E-state index contributed by atoms with van der Waals surface area (Å²) in [6.45, 7) is 3.77. The molecule has 0 aliphatic rings. The molecule has 0 aromatic heterocycles. The molecule has 0 fully saturated rings. The van der Waals surface area contributed by atoms with Crippen molar-refractivity contribution in [3.8, 4) is 11.5 Å². The first kappa shape index (κ1) is 14.8. The molecular weight excluding hydrogens is 230 g/mol. The van der Waals surface area contributed by atoms with Gasteiger partial charge in [0, 0.05) is 18.7 Å². The second-order valence-electron chi connectivity index (χ2n) is 4.15. The van der Waals surface area contributed by atoms with E-state index in [1.165, 1.54) is 0 Å². The lowest BCUT2D eigenvalue weighted by molar-refractivity contribution is 0.213. The third-order valence-electron chi connectivity index (χ3n) is 2.65. The van der Waals surface area contributed by atoms with Crippen molar-refractivity contribution in [3.05, 3.63) is 24.3 Å². The van der Waals surface area contributed by atoms with Crippen molar-refractivity contribution >= 4 is 0 Å². The zero-order chi connectivity index (χ0) is 13.2. The Kier molecular flexibility index (Phi) is 7.22. The number of methoxy groups -OCH3 is 1. The molecule has 102 valence electrons. The fourth-order valence-corrected chi connectivity index (χ4v) is 1.64. The van der Waals surface area contributed by atoms with Gasteiger partial charge in [0.15, 0.2) is 0 Å². The van der Waals surface area contributed by atoms with Crippen molar-refractivity contribution in [2.75, 3.05) is 26.9 Å². The van der Waals surface area contributed by atoms with E-state index in [0.717, 1.165) is 24.5 Å². The molecule has 1 aromatic rings. The molecule has 0 spiro atoms. The fourth-order valence-electron chi connectivity index (χ4n) is 1.64. The van der Waals surface area contributed by atoms with Crippen LogP contribution in [0.2, 0.25) is 0 Å². The molecule has 0 saturated heterocycles. The monoisotopic (exact) mass is 253 g/mol. The van der Waals surface area contributed by atoms with E-state index in [9.17, 15) is 0 Å². The van der Waals surface area contributed by atoms with Crippen molar-refractivity contribution < 1.29 is 14.6 Å². The molecule has 2 N–H and O–H groups in total. The van der Waals surface area contributed by atoms with Gasteiger partial charge in [-0.05, 0) is 31.5 Å². The average Bonchev–Trinajstić information content (AvgIpc) is 2.42. The Morgan fingerprint density at radius 1 is 1.33 bits per heavy atom. The van der Waals surface area contributed by atoms with Gasteiger partial charge < -0.3 is 19.9 Å². The number of benzene rings is 1. The maximum absolute atomic E-state index is 9.00. The summed E-state index contributed by atoms with van der Waals surface area (Å²) >= 11 is 0.